The summed E-state index contributed by atoms with van der Waals surface area (Å²) in [6.45, 7) is 0.840. The lowest BCUT2D eigenvalue weighted by molar-refractivity contribution is 0.0227. The molecular weight excluding hydrogens is 294 g/mol. The first-order chi connectivity index (χ1) is 11.6. The Morgan fingerprint density at radius 2 is 1.50 bits per heavy atom. The van der Waals surface area contributed by atoms with Crippen LogP contribution in [0.3, 0.4) is 0 Å². The third-order valence-corrected chi connectivity index (χ3v) is 4.60. The molecule has 1 N–H and O–H groups in total. The lowest BCUT2D eigenvalue weighted by Crippen LogP contribution is -2.33. The van der Waals surface area contributed by atoms with Crippen molar-refractivity contribution >= 4 is 10.8 Å². The first-order valence-electron chi connectivity index (χ1n) is 8.48. The van der Waals surface area contributed by atoms with E-state index in [1.54, 1.807) is 0 Å². The van der Waals surface area contributed by atoms with Gasteiger partial charge in [-0.3, -0.25) is 0 Å². The number of hydrogen-bond acceptors (Lipinski definition) is 2. The van der Waals surface area contributed by atoms with Crippen LogP contribution in [0.2, 0.25) is 0 Å². The van der Waals surface area contributed by atoms with Crippen LogP contribution in [-0.4, -0.2) is 30.6 Å². The summed E-state index contributed by atoms with van der Waals surface area (Å²) in [5, 5.41) is 14.0. The van der Waals surface area contributed by atoms with Crippen molar-refractivity contribution in [3.8, 4) is 0 Å². The summed E-state index contributed by atoms with van der Waals surface area (Å²) < 4.78 is 0. The summed E-state index contributed by atoms with van der Waals surface area (Å²) in [5.74, 6) is 0. The third-order valence-electron chi connectivity index (χ3n) is 4.60. The molecule has 0 radical (unpaired) electrons. The molecule has 0 aliphatic rings. The van der Waals surface area contributed by atoms with Gasteiger partial charge < -0.3 is 10.0 Å². The van der Waals surface area contributed by atoms with E-state index in [-0.39, 0.29) is 0 Å². The van der Waals surface area contributed by atoms with Gasteiger partial charge in [0, 0.05) is 13.0 Å². The average Bonchev–Trinajstić information content (AvgIpc) is 2.60. The lowest BCUT2D eigenvalue weighted by atomic mass is 9.82. The normalized spacial score (nSPS) is 14.0. The van der Waals surface area contributed by atoms with Gasteiger partial charge in [0.1, 0.15) is 0 Å². The molecule has 1 unspecified atom stereocenters. The van der Waals surface area contributed by atoms with E-state index in [0.717, 1.165) is 23.1 Å². The number of hydrogen-bond donors (Lipinski definition) is 1. The number of rotatable bonds is 6. The molecule has 3 aromatic carbocycles. The Kier molecular flexibility index (Phi) is 4.98. The molecule has 0 bridgehead atoms. The summed E-state index contributed by atoms with van der Waals surface area (Å²) in [5.41, 5.74) is 1.30. The molecule has 0 fully saturated rings. The fourth-order valence-corrected chi connectivity index (χ4v) is 3.29. The van der Waals surface area contributed by atoms with E-state index in [4.69, 9.17) is 0 Å². The quantitative estimate of drug-likeness (QED) is 0.735. The van der Waals surface area contributed by atoms with E-state index in [1.165, 1.54) is 5.39 Å². The minimum absolute atomic E-state index is 0.621. The van der Waals surface area contributed by atoms with Crippen LogP contribution in [0.4, 0.5) is 0 Å². The van der Waals surface area contributed by atoms with Crippen molar-refractivity contribution in [2.75, 3.05) is 20.6 Å². The second-order valence-corrected chi connectivity index (χ2v) is 6.77. The van der Waals surface area contributed by atoms with Crippen molar-refractivity contribution in [1.29, 1.82) is 0 Å². The molecule has 1 atom stereocenters. The number of aliphatic hydroxyl groups is 1. The van der Waals surface area contributed by atoms with Crippen molar-refractivity contribution in [2.45, 2.75) is 18.4 Å². The minimum Gasteiger partial charge on any atom is -0.385 e. The maximum absolute atomic E-state index is 11.7. The van der Waals surface area contributed by atoms with E-state index in [2.05, 4.69) is 41.3 Å². The topological polar surface area (TPSA) is 23.5 Å². The van der Waals surface area contributed by atoms with Gasteiger partial charge in [0.2, 0.25) is 0 Å². The summed E-state index contributed by atoms with van der Waals surface area (Å²) in [6.07, 6.45) is 1.32. The fourth-order valence-electron chi connectivity index (χ4n) is 3.29. The molecule has 0 aliphatic carbocycles. The zero-order valence-corrected chi connectivity index (χ0v) is 14.4. The minimum atomic E-state index is -0.882. The van der Waals surface area contributed by atoms with Gasteiger partial charge in [-0.1, -0.05) is 72.8 Å². The zero-order valence-electron chi connectivity index (χ0n) is 14.4. The second kappa shape index (κ2) is 7.16. The van der Waals surface area contributed by atoms with Gasteiger partial charge in [-0.05, 0) is 42.4 Å². The Morgan fingerprint density at radius 1 is 0.833 bits per heavy atom. The lowest BCUT2D eigenvalue weighted by Gasteiger charge is -2.31. The maximum Gasteiger partial charge on any atom is 0.0954 e. The SMILES string of the molecule is CN(C)CCC(O)(Cc1ccccc1)c1cccc2ccccc12. The van der Waals surface area contributed by atoms with Crippen LogP contribution < -0.4 is 0 Å². The molecule has 2 heteroatoms. The molecule has 0 aliphatic heterocycles. The molecule has 3 aromatic rings. The van der Waals surface area contributed by atoms with Gasteiger partial charge >= 0.3 is 0 Å². The number of benzene rings is 3. The van der Waals surface area contributed by atoms with Crippen molar-refractivity contribution in [1.82, 2.24) is 4.90 Å². The Hall–Kier alpha value is -2.16. The standard InChI is InChI=1S/C22H25NO/c1-23(2)16-15-22(24,17-18-9-4-3-5-10-18)21-14-8-12-19-11-6-7-13-20(19)21/h3-14,24H,15-17H2,1-2H3. The molecule has 124 valence electrons. The Morgan fingerprint density at radius 3 is 2.25 bits per heavy atom. The van der Waals surface area contributed by atoms with E-state index >= 15 is 0 Å². The van der Waals surface area contributed by atoms with Gasteiger partial charge in [0.05, 0.1) is 5.60 Å². The number of nitrogens with zero attached hydrogens (tertiary/aromatic N) is 1. The van der Waals surface area contributed by atoms with Gasteiger partial charge in [-0.25, -0.2) is 0 Å². The first kappa shape index (κ1) is 16.7. The Labute approximate surface area is 144 Å². The maximum atomic E-state index is 11.7. The van der Waals surface area contributed by atoms with Crippen LogP contribution in [0, 0.1) is 0 Å². The van der Waals surface area contributed by atoms with E-state index < -0.39 is 5.60 Å². The highest BCUT2D eigenvalue weighted by Crippen LogP contribution is 2.34. The van der Waals surface area contributed by atoms with Crippen molar-refractivity contribution in [3.05, 3.63) is 83.9 Å². The summed E-state index contributed by atoms with van der Waals surface area (Å²) in [4.78, 5) is 2.13. The molecular formula is C22H25NO. The van der Waals surface area contributed by atoms with Crippen LogP contribution in [0.15, 0.2) is 72.8 Å². The fraction of sp³-hybridized carbons (Fsp3) is 0.273. The highest BCUT2D eigenvalue weighted by Gasteiger charge is 2.31. The predicted molar refractivity (Wildman–Crippen MR) is 101 cm³/mol. The Bertz CT molecular complexity index is 792. The summed E-state index contributed by atoms with van der Waals surface area (Å²) >= 11 is 0. The molecule has 2 nitrogen and oxygen atoms in total. The van der Waals surface area contributed by atoms with Gasteiger partial charge in [-0.2, -0.15) is 0 Å². The van der Waals surface area contributed by atoms with Crippen LogP contribution in [0.5, 0.6) is 0 Å². The molecule has 3 rings (SSSR count). The zero-order chi connectivity index (χ0) is 17.0. The molecule has 0 saturated heterocycles. The van der Waals surface area contributed by atoms with E-state index in [9.17, 15) is 5.11 Å². The first-order valence-corrected chi connectivity index (χ1v) is 8.48. The molecule has 0 spiro atoms. The average molecular weight is 319 g/mol. The van der Waals surface area contributed by atoms with Crippen molar-refractivity contribution in [2.24, 2.45) is 0 Å². The van der Waals surface area contributed by atoms with Crippen molar-refractivity contribution < 1.29 is 5.11 Å². The predicted octanol–water partition coefficient (Wildman–Crippen LogP) is 4.22. The smallest absolute Gasteiger partial charge is 0.0954 e. The Balaban J connectivity index is 2.05. The molecule has 0 amide bonds. The molecule has 0 saturated carbocycles. The van der Waals surface area contributed by atoms with Crippen LogP contribution in [-0.2, 0) is 12.0 Å². The highest BCUT2D eigenvalue weighted by molar-refractivity contribution is 5.86. The molecule has 0 aromatic heterocycles. The third kappa shape index (κ3) is 3.66. The monoisotopic (exact) mass is 319 g/mol. The van der Waals surface area contributed by atoms with Gasteiger partial charge in [0.25, 0.3) is 0 Å². The van der Waals surface area contributed by atoms with E-state index in [0.29, 0.717) is 12.8 Å². The number of fused-ring (bicyclic) bond motifs is 1. The summed E-state index contributed by atoms with van der Waals surface area (Å²) in [7, 11) is 4.10. The highest BCUT2D eigenvalue weighted by atomic mass is 16.3. The second-order valence-electron chi connectivity index (χ2n) is 6.77. The van der Waals surface area contributed by atoms with Crippen LogP contribution >= 0.6 is 0 Å². The van der Waals surface area contributed by atoms with E-state index in [1.807, 2.05) is 50.5 Å². The van der Waals surface area contributed by atoms with Crippen LogP contribution in [0.25, 0.3) is 10.8 Å². The largest absolute Gasteiger partial charge is 0.385 e. The van der Waals surface area contributed by atoms with Gasteiger partial charge in [0.15, 0.2) is 0 Å². The summed E-state index contributed by atoms with van der Waals surface area (Å²) in [6, 6.07) is 24.8. The van der Waals surface area contributed by atoms with Crippen LogP contribution in [0.1, 0.15) is 17.5 Å². The van der Waals surface area contributed by atoms with Crippen molar-refractivity contribution in [3.63, 3.8) is 0 Å². The molecule has 0 heterocycles. The van der Waals surface area contributed by atoms with Gasteiger partial charge in [-0.15, -0.1) is 0 Å². The molecule has 24 heavy (non-hydrogen) atoms.